The molecule has 0 spiro atoms. The number of aromatic nitrogens is 2. The zero-order chi connectivity index (χ0) is 10.7. The summed E-state index contributed by atoms with van der Waals surface area (Å²) in [5.74, 6) is 0.0219. The standard InChI is InChI=1S/C9H13BrN2O2/c1-6(2)12-7(10)5-11-8(12)3-4-9(13)14/h5-6H,3-4H2,1-2H3,(H,13,14). The van der Waals surface area contributed by atoms with E-state index in [1.54, 1.807) is 6.20 Å². The van der Waals surface area contributed by atoms with Gasteiger partial charge in [-0.25, -0.2) is 4.98 Å². The van der Waals surface area contributed by atoms with Crippen molar-refractivity contribution in [2.24, 2.45) is 0 Å². The van der Waals surface area contributed by atoms with Crippen molar-refractivity contribution < 1.29 is 9.90 Å². The minimum absolute atomic E-state index is 0.121. The largest absolute Gasteiger partial charge is 0.481 e. The van der Waals surface area contributed by atoms with Gasteiger partial charge in [-0.2, -0.15) is 0 Å². The van der Waals surface area contributed by atoms with E-state index in [1.807, 2.05) is 18.4 Å². The van der Waals surface area contributed by atoms with Crippen molar-refractivity contribution in [3.05, 3.63) is 16.6 Å². The van der Waals surface area contributed by atoms with E-state index in [4.69, 9.17) is 5.11 Å². The van der Waals surface area contributed by atoms with Crippen LogP contribution < -0.4 is 0 Å². The molecular formula is C9H13BrN2O2. The molecule has 1 aromatic rings. The minimum Gasteiger partial charge on any atom is -0.481 e. The van der Waals surface area contributed by atoms with E-state index in [9.17, 15) is 4.79 Å². The van der Waals surface area contributed by atoms with Crippen molar-refractivity contribution in [3.63, 3.8) is 0 Å². The number of aryl methyl sites for hydroxylation is 1. The highest BCUT2D eigenvalue weighted by molar-refractivity contribution is 9.10. The van der Waals surface area contributed by atoms with Crippen LogP contribution in [0.25, 0.3) is 0 Å². The molecule has 0 radical (unpaired) electrons. The number of carbonyl (C=O) groups is 1. The smallest absolute Gasteiger partial charge is 0.303 e. The van der Waals surface area contributed by atoms with Crippen LogP contribution in [0.4, 0.5) is 0 Å². The van der Waals surface area contributed by atoms with Crippen LogP contribution in [-0.4, -0.2) is 20.6 Å². The fourth-order valence-corrected chi connectivity index (χ4v) is 2.04. The van der Waals surface area contributed by atoms with E-state index in [1.165, 1.54) is 0 Å². The fraction of sp³-hybridized carbons (Fsp3) is 0.556. The lowest BCUT2D eigenvalue weighted by Crippen LogP contribution is -2.08. The average Bonchev–Trinajstić information content (AvgIpc) is 2.43. The quantitative estimate of drug-likeness (QED) is 0.904. The van der Waals surface area contributed by atoms with Gasteiger partial charge in [0.15, 0.2) is 0 Å². The summed E-state index contributed by atoms with van der Waals surface area (Å²) in [5.41, 5.74) is 0. The van der Waals surface area contributed by atoms with E-state index >= 15 is 0 Å². The van der Waals surface area contributed by atoms with Gasteiger partial charge in [0.1, 0.15) is 10.4 Å². The van der Waals surface area contributed by atoms with Gasteiger partial charge in [-0.15, -0.1) is 0 Å². The molecule has 0 saturated heterocycles. The number of rotatable bonds is 4. The molecule has 0 bridgehead atoms. The van der Waals surface area contributed by atoms with Gasteiger partial charge in [-0.05, 0) is 29.8 Å². The minimum atomic E-state index is -0.792. The van der Waals surface area contributed by atoms with Gasteiger partial charge in [0.25, 0.3) is 0 Å². The van der Waals surface area contributed by atoms with Gasteiger partial charge < -0.3 is 9.67 Å². The van der Waals surface area contributed by atoms with Crippen LogP contribution in [0.3, 0.4) is 0 Å². The highest BCUT2D eigenvalue weighted by Gasteiger charge is 2.11. The second-order valence-corrected chi connectivity index (χ2v) is 4.17. The molecule has 1 rings (SSSR count). The Morgan fingerprint density at radius 1 is 1.71 bits per heavy atom. The van der Waals surface area contributed by atoms with Gasteiger partial charge in [-0.1, -0.05) is 0 Å². The predicted octanol–water partition coefficient (Wildman–Crippen LogP) is 2.24. The molecule has 0 aromatic carbocycles. The SMILES string of the molecule is CC(C)n1c(Br)cnc1CCC(=O)O. The monoisotopic (exact) mass is 260 g/mol. The first-order valence-electron chi connectivity index (χ1n) is 4.45. The molecule has 0 aliphatic carbocycles. The Balaban J connectivity index is 2.81. The number of carboxylic acids is 1. The summed E-state index contributed by atoms with van der Waals surface area (Å²) in [4.78, 5) is 14.6. The van der Waals surface area contributed by atoms with E-state index in [2.05, 4.69) is 20.9 Å². The summed E-state index contributed by atoms with van der Waals surface area (Å²) in [6.45, 7) is 4.08. The molecule has 1 N–H and O–H groups in total. The fourth-order valence-electron chi connectivity index (χ4n) is 1.32. The molecule has 4 nitrogen and oxygen atoms in total. The number of hydrogen-bond donors (Lipinski definition) is 1. The van der Waals surface area contributed by atoms with Gasteiger partial charge in [0, 0.05) is 12.5 Å². The third kappa shape index (κ3) is 2.57. The second-order valence-electron chi connectivity index (χ2n) is 3.35. The Hall–Kier alpha value is -0.840. The van der Waals surface area contributed by atoms with Crippen molar-refractivity contribution in [3.8, 4) is 0 Å². The first kappa shape index (κ1) is 11.2. The molecule has 5 heteroatoms. The van der Waals surface area contributed by atoms with E-state index < -0.39 is 5.97 Å². The van der Waals surface area contributed by atoms with Gasteiger partial charge in [0.2, 0.25) is 0 Å². The first-order chi connectivity index (χ1) is 6.52. The Bertz CT molecular complexity index is 334. The summed E-state index contributed by atoms with van der Waals surface area (Å²) >= 11 is 3.38. The van der Waals surface area contributed by atoms with Crippen molar-refractivity contribution in [2.75, 3.05) is 0 Å². The first-order valence-corrected chi connectivity index (χ1v) is 5.25. The van der Waals surface area contributed by atoms with Gasteiger partial charge in [0.05, 0.1) is 12.6 Å². The lowest BCUT2D eigenvalue weighted by atomic mass is 10.3. The number of hydrogen-bond acceptors (Lipinski definition) is 2. The van der Waals surface area contributed by atoms with Crippen LogP contribution in [0.1, 0.15) is 32.1 Å². The second kappa shape index (κ2) is 4.59. The Morgan fingerprint density at radius 2 is 2.36 bits per heavy atom. The van der Waals surface area contributed by atoms with Gasteiger partial charge in [-0.3, -0.25) is 4.79 Å². The number of halogens is 1. The Labute approximate surface area is 91.1 Å². The molecule has 0 amide bonds. The van der Waals surface area contributed by atoms with Crippen LogP contribution in [0.2, 0.25) is 0 Å². The van der Waals surface area contributed by atoms with E-state index in [-0.39, 0.29) is 12.5 Å². The van der Waals surface area contributed by atoms with Gasteiger partial charge >= 0.3 is 5.97 Å². The maximum atomic E-state index is 10.4. The third-order valence-corrected chi connectivity index (χ3v) is 2.49. The molecule has 0 aliphatic rings. The topological polar surface area (TPSA) is 55.1 Å². The predicted molar refractivity (Wildman–Crippen MR) is 56.3 cm³/mol. The van der Waals surface area contributed by atoms with Crippen LogP contribution in [0.15, 0.2) is 10.8 Å². The molecule has 14 heavy (non-hydrogen) atoms. The van der Waals surface area contributed by atoms with Crippen molar-refractivity contribution in [1.29, 1.82) is 0 Å². The highest BCUT2D eigenvalue weighted by atomic mass is 79.9. The molecule has 0 saturated carbocycles. The summed E-state index contributed by atoms with van der Waals surface area (Å²) < 4.78 is 2.89. The van der Waals surface area contributed by atoms with E-state index in [0.717, 1.165) is 10.4 Å². The molecule has 1 aromatic heterocycles. The molecule has 1 heterocycles. The maximum Gasteiger partial charge on any atom is 0.303 e. The van der Waals surface area contributed by atoms with Crippen molar-refractivity contribution in [2.45, 2.75) is 32.7 Å². The summed E-state index contributed by atoms with van der Waals surface area (Å²) in [6.07, 6.45) is 2.30. The lowest BCUT2D eigenvalue weighted by Gasteiger charge is -2.12. The summed E-state index contributed by atoms with van der Waals surface area (Å²) in [7, 11) is 0. The molecular weight excluding hydrogens is 248 g/mol. The zero-order valence-corrected chi connectivity index (χ0v) is 9.78. The molecule has 0 fully saturated rings. The van der Waals surface area contributed by atoms with Crippen LogP contribution in [-0.2, 0) is 11.2 Å². The summed E-state index contributed by atoms with van der Waals surface area (Å²) in [5, 5.41) is 8.56. The Kier molecular flexibility index (Phi) is 3.69. The maximum absolute atomic E-state index is 10.4. The van der Waals surface area contributed by atoms with Crippen LogP contribution in [0.5, 0.6) is 0 Å². The Morgan fingerprint density at radius 3 is 2.86 bits per heavy atom. The molecule has 78 valence electrons. The van der Waals surface area contributed by atoms with E-state index in [0.29, 0.717) is 6.42 Å². The van der Waals surface area contributed by atoms with Crippen molar-refractivity contribution >= 4 is 21.9 Å². The van der Waals surface area contributed by atoms with Crippen molar-refractivity contribution in [1.82, 2.24) is 9.55 Å². The number of carboxylic acid groups (broad SMARTS) is 1. The van der Waals surface area contributed by atoms with Crippen LogP contribution in [0, 0.1) is 0 Å². The van der Waals surface area contributed by atoms with Crippen LogP contribution >= 0.6 is 15.9 Å². The number of aliphatic carboxylic acids is 1. The zero-order valence-electron chi connectivity index (χ0n) is 8.20. The average molecular weight is 261 g/mol. The lowest BCUT2D eigenvalue weighted by molar-refractivity contribution is -0.137. The molecule has 0 atom stereocenters. The molecule has 0 unspecified atom stereocenters. The molecule has 0 aliphatic heterocycles. The number of imidazole rings is 1. The summed E-state index contributed by atoms with van der Waals surface area (Å²) in [6, 6.07) is 0.288. The highest BCUT2D eigenvalue weighted by Crippen LogP contribution is 2.19. The third-order valence-electron chi connectivity index (χ3n) is 1.91. The number of nitrogens with zero attached hydrogens (tertiary/aromatic N) is 2. The normalized spacial score (nSPS) is 10.9.